The smallest absolute Gasteiger partial charge is 0.529 e. The van der Waals surface area contributed by atoms with E-state index in [1.54, 1.807) is 0 Å². The molecule has 0 radical (unpaired) electrons. The highest BCUT2D eigenvalue weighted by molar-refractivity contribution is 6.20. The fourth-order valence-electron chi connectivity index (χ4n) is 4.71. The van der Waals surface area contributed by atoms with Crippen molar-refractivity contribution in [3.63, 3.8) is 0 Å². The molecule has 0 saturated heterocycles. The molecule has 2 aliphatic carbocycles. The molecular weight excluding hydrogens is 331 g/mol. The van der Waals surface area contributed by atoms with E-state index in [0.717, 1.165) is 23.3 Å². The summed E-state index contributed by atoms with van der Waals surface area (Å²) in [6.07, 6.45) is 13.6. The maximum Gasteiger partial charge on any atom is 0.576 e. The second kappa shape index (κ2) is 9.35. The van der Waals surface area contributed by atoms with Crippen molar-refractivity contribution < 1.29 is 9.31 Å². The molecule has 0 atom stereocenters. The van der Waals surface area contributed by atoms with Crippen LogP contribution in [0.5, 0.6) is 11.5 Å². The van der Waals surface area contributed by atoms with E-state index in [-0.39, 0.29) is 7.69 Å². The van der Waals surface area contributed by atoms with E-state index >= 15 is 0 Å². The van der Waals surface area contributed by atoms with E-state index in [1.807, 2.05) is 0 Å². The summed E-state index contributed by atoms with van der Waals surface area (Å²) in [7, 11) is 0.256. The van der Waals surface area contributed by atoms with Crippen LogP contribution in [0.4, 0.5) is 0 Å². The van der Waals surface area contributed by atoms with E-state index in [1.165, 1.54) is 75.3 Å². The van der Waals surface area contributed by atoms with Crippen molar-refractivity contribution in [2.45, 2.75) is 76.0 Å². The van der Waals surface area contributed by atoms with Gasteiger partial charge in [0.15, 0.2) is 0 Å². The highest BCUT2D eigenvalue weighted by Gasteiger charge is 2.16. The number of hydrogen-bond acceptors (Lipinski definition) is 2. The van der Waals surface area contributed by atoms with Gasteiger partial charge in [0, 0.05) is 0 Å². The maximum atomic E-state index is 5.78. The van der Waals surface area contributed by atoms with Gasteiger partial charge in [-0.3, -0.25) is 0 Å². The minimum atomic E-state index is 0.256. The first kappa shape index (κ1) is 18.5. The minimum absolute atomic E-state index is 0.256. The van der Waals surface area contributed by atoms with E-state index in [0.29, 0.717) is 0 Å². The molecule has 0 spiro atoms. The predicted octanol–water partition coefficient (Wildman–Crippen LogP) is 6.51. The molecule has 0 bridgehead atoms. The third-order valence-corrected chi connectivity index (χ3v) is 6.36. The Balaban J connectivity index is 1.24. The SMILES string of the molecule is B(Oc1ccc(C2CCCCC2)cc1)Oc1ccc(C2CCCCC2)cc1. The molecule has 2 aromatic carbocycles. The van der Waals surface area contributed by atoms with Crippen LogP contribution in [0.25, 0.3) is 0 Å². The van der Waals surface area contributed by atoms with Crippen LogP contribution >= 0.6 is 0 Å². The second-order valence-electron chi connectivity index (χ2n) is 8.21. The molecule has 0 N–H and O–H groups in total. The summed E-state index contributed by atoms with van der Waals surface area (Å²) in [4.78, 5) is 0. The molecule has 2 nitrogen and oxygen atoms in total. The first-order chi connectivity index (χ1) is 13.4. The molecule has 0 aliphatic heterocycles. The molecule has 0 unspecified atom stereocenters. The van der Waals surface area contributed by atoms with E-state index < -0.39 is 0 Å². The standard InChI is InChI=1S/C24H31BO2/c1-3-7-19(8-4-1)21-11-15-23(16-12-21)26-25-27-24-17-13-22(14-18-24)20-9-5-2-6-10-20/h11-20,25H,1-10H2. The van der Waals surface area contributed by atoms with Crippen molar-refractivity contribution >= 4 is 7.69 Å². The Labute approximate surface area is 164 Å². The van der Waals surface area contributed by atoms with Crippen molar-refractivity contribution in [2.24, 2.45) is 0 Å². The lowest BCUT2D eigenvalue weighted by molar-refractivity contribution is 0.440. The van der Waals surface area contributed by atoms with Crippen LogP contribution in [0.1, 0.15) is 87.2 Å². The number of benzene rings is 2. The third-order valence-electron chi connectivity index (χ3n) is 6.36. The van der Waals surface area contributed by atoms with Crippen LogP contribution in [-0.4, -0.2) is 7.69 Å². The average Bonchev–Trinajstić information content (AvgIpc) is 2.76. The molecule has 0 amide bonds. The molecule has 2 aromatic rings. The summed E-state index contributed by atoms with van der Waals surface area (Å²) >= 11 is 0. The average molecular weight is 362 g/mol. The predicted molar refractivity (Wildman–Crippen MR) is 113 cm³/mol. The topological polar surface area (TPSA) is 18.5 Å². The molecule has 142 valence electrons. The zero-order valence-electron chi connectivity index (χ0n) is 16.4. The minimum Gasteiger partial charge on any atom is -0.529 e. The first-order valence-electron chi connectivity index (χ1n) is 10.8. The van der Waals surface area contributed by atoms with Crippen LogP contribution < -0.4 is 9.31 Å². The Morgan fingerprint density at radius 2 is 0.889 bits per heavy atom. The van der Waals surface area contributed by atoms with Gasteiger partial charge in [-0.05, 0) is 72.9 Å². The Bertz CT molecular complexity index is 622. The lowest BCUT2D eigenvalue weighted by atomic mass is 9.84. The largest absolute Gasteiger partial charge is 0.576 e. The highest BCUT2D eigenvalue weighted by Crippen LogP contribution is 2.34. The van der Waals surface area contributed by atoms with Crippen LogP contribution in [0.15, 0.2) is 48.5 Å². The van der Waals surface area contributed by atoms with Gasteiger partial charge < -0.3 is 9.31 Å². The first-order valence-corrected chi connectivity index (χ1v) is 10.8. The summed E-state index contributed by atoms with van der Waals surface area (Å²) < 4.78 is 11.6. The van der Waals surface area contributed by atoms with Gasteiger partial charge in [-0.15, -0.1) is 0 Å². The zero-order chi connectivity index (χ0) is 18.3. The van der Waals surface area contributed by atoms with E-state index in [2.05, 4.69) is 48.5 Å². The molecule has 0 heterocycles. The lowest BCUT2D eigenvalue weighted by Crippen LogP contribution is -2.11. The van der Waals surface area contributed by atoms with Gasteiger partial charge in [0.25, 0.3) is 0 Å². The van der Waals surface area contributed by atoms with E-state index in [4.69, 9.17) is 9.31 Å². The lowest BCUT2D eigenvalue weighted by Gasteiger charge is -2.22. The van der Waals surface area contributed by atoms with Crippen LogP contribution in [0, 0.1) is 0 Å². The molecule has 4 rings (SSSR count). The molecule has 0 aromatic heterocycles. The summed E-state index contributed by atoms with van der Waals surface area (Å²) in [6.45, 7) is 0. The monoisotopic (exact) mass is 362 g/mol. The van der Waals surface area contributed by atoms with Crippen molar-refractivity contribution in [3.8, 4) is 11.5 Å². The van der Waals surface area contributed by atoms with Crippen molar-refractivity contribution in [1.82, 2.24) is 0 Å². The Morgan fingerprint density at radius 3 is 1.26 bits per heavy atom. The molecule has 2 fully saturated rings. The van der Waals surface area contributed by atoms with Gasteiger partial charge in [-0.1, -0.05) is 62.8 Å². The van der Waals surface area contributed by atoms with E-state index in [9.17, 15) is 0 Å². The molecular formula is C24H31BO2. The normalized spacial score (nSPS) is 18.8. The number of rotatable bonds is 6. The van der Waals surface area contributed by atoms with Crippen molar-refractivity contribution in [2.75, 3.05) is 0 Å². The quantitative estimate of drug-likeness (QED) is 0.546. The Morgan fingerprint density at radius 1 is 0.519 bits per heavy atom. The summed E-state index contributed by atoms with van der Waals surface area (Å²) in [5.74, 6) is 3.25. The van der Waals surface area contributed by atoms with Crippen LogP contribution in [-0.2, 0) is 0 Å². The zero-order valence-corrected chi connectivity index (χ0v) is 16.4. The number of hydrogen-bond donors (Lipinski definition) is 0. The molecule has 3 heteroatoms. The van der Waals surface area contributed by atoms with Gasteiger partial charge in [-0.2, -0.15) is 0 Å². The second-order valence-corrected chi connectivity index (χ2v) is 8.21. The maximum absolute atomic E-state index is 5.78. The summed E-state index contributed by atoms with van der Waals surface area (Å²) in [5, 5.41) is 0. The Hall–Kier alpha value is -1.90. The van der Waals surface area contributed by atoms with Crippen LogP contribution in [0.2, 0.25) is 0 Å². The van der Waals surface area contributed by atoms with Crippen LogP contribution in [0.3, 0.4) is 0 Å². The summed E-state index contributed by atoms with van der Waals surface area (Å²) in [5.41, 5.74) is 2.92. The molecule has 2 saturated carbocycles. The summed E-state index contributed by atoms with van der Waals surface area (Å²) in [6, 6.07) is 17.2. The molecule has 27 heavy (non-hydrogen) atoms. The van der Waals surface area contributed by atoms with Gasteiger partial charge >= 0.3 is 7.69 Å². The van der Waals surface area contributed by atoms with Crippen molar-refractivity contribution in [1.29, 1.82) is 0 Å². The third kappa shape index (κ3) is 5.09. The molecule has 2 aliphatic rings. The van der Waals surface area contributed by atoms with Crippen molar-refractivity contribution in [3.05, 3.63) is 59.7 Å². The Kier molecular flexibility index (Phi) is 6.39. The fourth-order valence-corrected chi connectivity index (χ4v) is 4.71. The van der Waals surface area contributed by atoms with Gasteiger partial charge in [-0.25, -0.2) is 0 Å². The van der Waals surface area contributed by atoms with Gasteiger partial charge in [0.1, 0.15) is 11.5 Å². The fraction of sp³-hybridized carbons (Fsp3) is 0.500. The van der Waals surface area contributed by atoms with Gasteiger partial charge in [0.2, 0.25) is 0 Å². The van der Waals surface area contributed by atoms with Gasteiger partial charge in [0.05, 0.1) is 0 Å². The highest BCUT2D eigenvalue weighted by atomic mass is 16.6.